The summed E-state index contributed by atoms with van der Waals surface area (Å²) in [5.41, 5.74) is 8.34. The van der Waals surface area contributed by atoms with Gasteiger partial charge in [-0.1, -0.05) is 78.9 Å². The predicted molar refractivity (Wildman–Crippen MR) is 142 cm³/mol. The van der Waals surface area contributed by atoms with Gasteiger partial charge < -0.3 is 4.57 Å². The lowest BCUT2D eigenvalue weighted by molar-refractivity contribution is 1.17. The van der Waals surface area contributed by atoms with Gasteiger partial charge >= 0.3 is 0 Å². The minimum absolute atomic E-state index is 0.919. The second-order valence-corrected chi connectivity index (χ2v) is 8.73. The van der Waals surface area contributed by atoms with Crippen molar-refractivity contribution in [2.45, 2.75) is 6.92 Å². The molecule has 7 aromatic rings. The monoisotopic (exact) mass is 435 g/mol. The average Bonchev–Trinajstić information content (AvgIpc) is 3.22. The van der Waals surface area contributed by atoms with E-state index >= 15 is 0 Å². The quantitative estimate of drug-likeness (QED) is 0.259. The number of rotatable bonds is 2. The molecule has 0 aliphatic carbocycles. The maximum Gasteiger partial charge on any atom is 0.0968 e. The van der Waals surface area contributed by atoms with Crippen LogP contribution in [0.2, 0.25) is 0 Å². The largest absolute Gasteiger partial charge is 0.309 e. The van der Waals surface area contributed by atoms with E-state index in [1.165, 1.54) is 27.2 Å². The standard InChI is InChI=1S/C31H21N3/c1-20-30(33-27-18-16-21-9-5-6-12-24(21)31(27)32-20)22-15-17-26-25-13-7-8-14-28(25)34(29(26)19-22)23-10-3-2-4-11-23/h2-19H,1H3. The second kappa shape index (κ2) is 7.26. The molecule has 0 unspecified atom stereocenters. The summed E-state index contributed by atoms with van der Waals surface area (Å²) in [5, 5.41) is 4.81. The van der Waals surface area contributed by atoms with Crippen LogP contribution in [-0.2, 0) is 0 Å². The van der Waals surface area contributed by atoms with Crippen LogP contribution >= 0.6 is 0 Å². The molecule has 0 spiro atoms. The smallest absolute Gasteiger partial charge is 0.0968 e. The summed E-state index contributed by atoms with van der Waals surface area (Å²) < 4.78 is 2.34. The van der Waals surface area contributed by atoms with Crippen molar-refractivity contribution >= 4 is 43.6 Å². The van der Waals surface area contributed by atoms with Crippen molar-refractivity contribution in [2.75, 3.05) is 0 Å². The molecule has 5 aromatic carbocycles. The minimum Gasteiger partial charge on any atom is -0.309 e. The van der Waals surface area contributed by atoms with E-state index in [0.29, 0.717) is 0 Å². The zero-order valence-corrected chi connectivity index (χ0v) is 18.7. The van der Waals surface area contributed by atoms with E-state index in [9.17, 15) is 0 Å². The fourth-order valence-corrected chi connectivity index (χ4v) is 5.12. The second-order valence-electron chi connectivity index (χ2n) is 8.73. The number of benzene rings is 5. The van der Waals surface area contributed by atoms with E-state index in [4.69, 9.17) is 9.97 Å². The first-order chi connectivity index (χ1) is 16.8. The van der Waals surface area contributed by atoms with Gasteiger partial charge in [-0.3, -0.25) is 0 Å². The van der Waals surface area contributed by atoms with Gasteiger partial charge in [-0.15, -0.1) is 0 Å². The first-order valence-electron chi connectivity index (χ1n) is 11.5. The van der Waals surface area contributed by atoms with E-state index < -0.39 is 0 Å². The van der Waals surface area contributed by atoms with Gasteiger partial charge in [-0.2, -0.15) is 0 Å². The predicted octanol–water partition coefficient (Wildman–Crippen LogP) is 7.86. The Morgan fingerprint density at radius 2 is 1.32 bits per heavy atom. The Morgan fingerprint density at radius 1 is 0.588 bits per heavy atom. The molecule has 0 N–H and O–H groups in total. The van der Waals surface area contributed by atoms with Crippen LogP contribution in [0.25, 0.3) is 60.6 Å². The number of aryl methyl sites for hydroxylation is 1. The lowest BCUT2D eigenvalue weighted by atomic mass is 10.0. The minimum atomic E-state index is 0.919. The third-order valence-corrected chi connectivity index (χ3v) is 6.70. The van der Waals surface area contributed by atoms with Crippen molar-refractivity contribution in [2.24, 2.45) is 0 Å². The lowest BCUT2D eigenvalue weighted by Crippen LogP contribution is -1.96. The van der Waals surface area contributed by atoms with E-state index in [1.807, 2.05) is 0 Å². The molecule has 0 saturated carbocycles. The molecular formula is C31H21N3. The summed E-state index contributed by atoms with van der Waals surface area (Å²) >= 11 is 0. The highest BCUT2D eigenvalue weighted by Crippen LogP contribution is 2.35. The molecule has 0 aliphatic rings. The summed E-state index contributed by atoms with van der Waals surface area (Å²) in [7, 11) is 0. The first-order valence-corrected chi connectivity index (χ1v) is 11.5. The molecule has 2 heterocycles. The molecule has 0 atom stereocenters. The molecule has 3 heteroatoms. The zero-order chi connectivity index (χ0) is 22.6. The van der Waals surface area contributed by atoms with Crippen molar-refractivity contribution in [3.8, 4) is 16.9 Å². The van der Waals surface area contributed by atoms with Gasteiger partial charge in [0, 0.05) is 27.4 Å². The molecule has 3 nitrogen and oxygen atoms in total. The molecule has 0 aliphatic heterocycles. The summed E-state index contributed by atoms with van der Waals surface area (Å²) in [6.07, 6.45) is 0. The Bertz CT molecular complexity index is 1860. The van der Waals surface area contributed by atoms with E-state index in [0.717, 1.165) is 39.1 Å². The van der Waals surface area contributed by atoms with Crippen LogP contribution in [0.5, 0.6) is 0 Å². The number of para-hydroxylation sites is 2. The van der Waals surface area contributed by atoms with Crippen LogP contribution in [0.15, 0.2) is 109 Å². The molecular weight excluding hydrogens is 414 g/mol. The van der Waals surface area contributed by atoms with Crippen molar-refractivity contribution in [1.29, 1.82) is 0 Å². The Labute approximate surface area is 196 Å². The Hall–Kier alpha value is -4.50. The average molecular weight is 436 g/mol. The lowest BCUT2D eigenvalue weighted by Gasteiger charge is -2.11. The van der Waals surface area contributed by atoms with Gasteiger partial charge in [-0.25, -0.2) is 9.97 Å². The normalized spacial score (nSPS) is 11.7. The highest BCUT2D eigenvalue weighted by Gasteiger charge is 2.15. The Morgan fingerprint density at radius 3 is 2.21 bits per heavy atom. The van der Waals surface area contributed by atoms with Gasteiger partial charge in [0.15, 0.2) is 0 Å². The molecule has 2 aromatic heterocycles. The van der Waals surface area contributed by atoms with E-state index in [-0.39, 0.29) is 0 Å². The van der Waals surface area contributed by atoms with Gasteiger partial charge in [0.25, 0.3) is 0 Å². The number of hydrogen-bond acceptors (Lipinski definition) is 2. The summed E-state index contributed by atoms with van der Waals surface area (Å²) in [5.74, 6) is 0. The van der Waals surface area contributed by atoms with Crippen molar-refractivity contribution < 1.29 is 0 Å². The summed E-state index contributed by atoms with van der Waals surface area (Å²) in [6, 6.07) is 38.4. The SMILES string of the molecule is Cc1nc2c(ccc3ccccc32)nc1-c1ccc2c3ccccc3n(-c3ccccc3)c2c1. The van der Waals surface area contributed by atoms with Crippen LogP contribution in [0.3, 0.4) is 0 Å². The molecule has 0 bridgehead atoms. The zero-order valence-electron chi connectivity index (χ0n) is 18.7. The van der Waals surface area contributed by atoms with Gasteiger partial charge in [0.1, 0.15) is 0 Å². The van der Waals surface area contributed by atoms with Crippen LogP contribution in [0, 0.1) is 6.92 Å². The molecule has 34 heavy (non-hydrogen) atoms. The maximum absolute atomic E-state index is 5.09. The van der Waals surface area contributed by atoms with Gasteiger partial charge in [0.05, 0.1) is 33.5 Å². The molecule has 0 amide bonds. The van der Waals surface area contributed by atoms with E-state index in [2.05, 4.69) is 121 Å². The molecule has 160 valence electrons. The van der Waals surface area contributed by atoms with E-state index in [1.54, 1.807) is 0 Å². The van der Waals surface area contributed by atoms with Crippen molar-refractivity contribution in [3.63, 3.8) is 0 Å². The third kappa shape index (κ3) is 2.77. The fourth-order valence-electron chi connectivity index (χ4n) is 5.12. The van der Waals surface area contributed by atoms with Crippen LogP contribution in [0.1, 0.15) is 5.69 Å². The molecule has 7 rings (SSSR count). The number of nitrogens with zero attached hydrogens (tertiary/aromatic N) is 3. The summed E-state index contributed by atoms with van der Waals surface area (Å²) in [4.78, 5) is 10.1. The Kier molecular flexibility index (Phi) is 4.06. The maximum atomic E-state index is 5.09. The number of fused-ring (bicyclic) bond motifs is 6. The molecule has 0 fully saturated rings. The van der Waals surface area contributed by atoms with Gasteiger partial charge in [0.2, 0.25) is 0 Å². The highest BCUT2D eigenvalue weighted by atomic mass is 15.0. The van der Waals surface area contributed by atoms with Crippen LogP contribution in [-0.4, -0.2) is 14.5 Å². The Balaban J connectivity index is 1.51. The highest BCUT2D eigenvalue weighted by molar-refractivity contribution is 6.10. The summed E-state index contributed by atoms with van der Waals surface area (Å²) in [6.45, 7) is 2.06. The van der Waals surface area contributed by atoms with Crippen molar-refractivity contribution in [1.82, 2.24) is 14.5 Å². The van der Waals surface area contributed by atoms with Crippen LogP contribution in [0.4, 0.5) is 0 Å². The third-order valence-electron chi connectivity index (χ3n) is 6.70. The number of aromatic nitrogens is 3. The molecule has 0 saturated heterocycles. The fraction of sp³-hybridized carbons (Fsp3) is 0.0323. The number of hydrogen-bond donors (Lipinski definition) is 0. The first kappa shape index (κ1) is 19.0. The molecule has 0 radical (unpaired) electrons. The topological polar surface area (TPSA) is 30.7 Å². The van der Waals surface area contributed by atoms with Crippen molar-refractivity contribution in [3.05, 3.63) is 115 Å². The van der Waals surface area contributed by atoms with Crippen LogP contribution < -0.4 is 0 Å². The van der Waals surface area contributed by atoms with Gasteiger partial charge in [-0.05, 0) is 42.6 Å².